The molecule has 0 heterocycles. The van der Waals surface area contributed by atoms with Crippen LogP contribution in [-0.2, 0) is 0 Å². The van der Waals surface area contributed by atoms with Gasteiger partial charge in [0.15, 0.2) is 0 Å². The molecule has 0 unspecified atom stereocenters. The van der Waals surface area contributed by atoms with E-state index < -0.39 is 0 Å². The molecule has 1 radical (unpaired) electrons. The molecule has 1 aromatic rings. The summed E-state index contributed by atoms with van der Waals surface area (Å²) >= 11 is 0. The lowest BCUT2D eigenvalue weighted by molar-refractivity contribution is 0.443. The summed E-state index contributed by atoms with van der Waals surface area (Å²) in [5, 5.41) is 8.80. The van der Waals surface area contributed by atoms with Crippen LogP contribution in [0, 0.1) is 17.4 Å². The Hall–Kier alpha value is -1.29. The van der Waals surface area contributed by atoms with Gasteiger partial charge < -0.3 is 0 Å². The molecule has 1 nitrogen and oxygen atoms in total. The van der Waals surface area contributed by atoms with Gasteiger partial charge in [0.05, 0.1) is 11.6 Å². The van der Waals surface area contributed by atoms with Crippen molar-refractivity contribution in [2.45, 2.75) is 38.0 Å². The lowest BCUT2D eigenvalue weighted by Gasteiger charge is -2.21. The molecule has 0 atom stereocenters. The maximum Gasteiger partial charge on any atom is 0.0991 e. The summed E-state index contributed by atoms with van der Waals surface area (Å²) in [6.45, 7) is 0. The van der Waals surface area contributed by atoms with Crippen molar-refractivity contribution >= 4 is 0 Å². The number of benzene rings is 1. The molecule has 0 bridgehead atoms. The van der Waals surface area contributed by atoms with E-state index >= 15 is 0 Å². The van der Waals surface area contributed by atoms with Gasteiger partial charge in [-0.15, -0.1) is 0 Å². The standard InChI is InChI=1S/C13H14N/c14-10-11-5-4-8-13(9-11)12-6-2-1-3-7-12/h4-5,9,12H,1-3,6-7H2. The molecular weight excluding hydrogens is 170 g/mol. The fourth-order valence-electron chi connectivity index (χ4n) is 2.20. The van der Waals surface area contributed by atoms with Crippen molar-refractivity contribution in [1.29, 1.82) is 5.26 Å². The van der Waals surface area contributed by atoms with Gasteiger partial charge in [-0.3, -0.25) is 0 Å². The zero-order valence-electron chi connectivity index (χ0n) is 8.29. The Labute approximate surface area is 85.4 Å². The van der Waals surface area contributed by atoms with Crippen LogP contribution in [0.3, 0.4) is 0 Å². The zero-order chi connectivity index (χ0) is 9.80. The first kappa shape index (κ1) is 9.27. The van der Waals surface area contributed by atoms with E-state index in [-0.39, 0.29) is 0 Å². The molecule has 0 amide bonds. The summed E-state index contributed by atoms with van der Waals surface area (Å²) in [5.41, 5.74) is 2.01. The maximum absolute atomic E-state index is 8.80. The topological polar surface area (TPSA) is 23.8 Å². The summed E-state index contributed by atoms with van der Waals surface area (Å²) in [6, 6.07) is 11.1. The normalized spacial score (nSPS) is 17.6. The average Bonchev–Trinajstić information content (AvgIpc) is 2.30. The van der Waals surface area contributed by atoms with Crippen LogP contribution in [-0.4, -0.2) is 0 Å². The van der Waals surface area contributed by atoms with E-state index in [1.165, 1.54) is 37.7 Å². The van der Waals surface area contributed by atoms with Crippen LogP contribution in [0.25, 0.3) is 0 Å². The predicted molar refractivity (Wildman–Crippen MR) is 55.8 cm³/mol. The molecule has 1 aromatic carbocycles. The van der Waals surface area contributed by atoms with E-state index in [1.807, 2.05) is 18.2 Å². The molecule has 2 rings (SSSR count). The molecule has 1 aliphatic carbocycles. The Kier molecular flexibility index (Phi) is 2.84. The zero-order valence-corrected chi connectivity index (χ0v) is 8.29. The van der Waals surface area contributed by atoms with Gasteiger partial charge in [0.2, 0.25) is 0 Å². The highest BCUT2D eigenvalue weighted by Crippen LogP contribution is 2.32. The summed E-state index contributed by atoms with van der Waals surface area (Å²) in [5.74, 6) is 0.650. The van der Waals surface area contributed by atoms with Gasteiger partial charge in [0, 0.05) is 0 Å². The highest BCUT2D eigenvalue weighted by molar-refractivity contribution is 5.33. The van der Waals surface area contributed by atoms with Gasteiger partial charge in [-0.1, -0.05) is 25.3 Å². The van der Waals surface area contributed by atoms with Gasteiger partial charge in [0.25, 0.3) is 0 Å². The summed E-state index contributed by atoms with van der Waals surface area (Å²) < 4.78 is 0. The molecule has 0 saturated heterocycles. The Morgan fingerprint density at radius 1 is 1.29 bits per heavy atom. The first-order valence-electron chi connectivity index (χ1n) is 5.32. The highest BCUT2D eigenvalue weighted by Gasteiger charge is 2.15. The third kappa shape index (κ3) is 1.96. The van der Waals surface area contributed by atoms with Crippen LogP contribution in [0.4, 0.5) is 0 Å². The number of nitrogens with zero attached hydrogens (tertiary/aromatic N) is 1. The van der Waals surface area contributed by atoms with Crippen LogP contribution < -0.4 is 0 Å². The van der Waals surface area contributed by atoms with Crippen molar-refractivity contribution in [2.75, 3.05) is 0 Å². The monoisotopic (exact) mass is 184 g/mol. The molecule has 0 N–H and O–H groups in total. The second-order valence-electron chi connectivity index (χ2n) is 3.98. The second-order valence-corrected chi connectivity index (χ2v) is 3.98. The lowest BCUT2D eigenvalue weighted by atomic mass is 9.84. The van der Waals surface area contributed by atoms with E-state index in [2.05, 4.69) is 12.1 Å². The van der Waals surface area contributed by atoms with Crippen molar-refractivity contribution in [3.05, 3.63) is 35.4 Å². The molecule has 0 spiro atoms. The van der Waals surface area contributed by atoms with Crippen LogP contribution in [0.1, 0.15) is 49.1 Å². The predicted octanol–water partition coefficient (Wildman–Crippen LogP) is 3.41. The third-order valence-corrected chi connectivity index (χ3v) is 3.00. The largest absolute Gasteiger partial charge is 0.192 e. The number of hydrogen-bond donors (Lipinski definition) is 0. The average molecular weight is 184 g/mol. The van der Waals surface area contributed by atoms with Crippen molar-refractivity contribution < 1.29 is 0 Å². The smallest absolute Gasteiger partial charge is 0.0991 e. The maximum atomic E-state index is 8.80. The van der Waals surface area contributed by atoms with Gasteiger partial charge in [-0.2, -0.15) is 5.26 Å². The summed E-state index contributed by atoms with van der Waals surface area (Å²) in [6.07, 6.45) is 6.57. The lowest BCUT2D eigenvalue weighted by Crippen LogP contribution is -2.04. The Morgan fingerprint density at radius 2 is 2.07 bits per heavy atom. The van der Waals surface area contributed by atoms with E-state index in [1.54, 1.807) is 0 Å². The highest BCUT2D eigenvalue weighted by atomic mass is 14.2. The molecule has 0 aromatic heterocycles. The number of rotatable bonds is 1. The van der Waals surface area contributed by atoms with Crippen LogP contribution in [0.5, 0.6) is 0 Å². The summed E-state index contributed by atoms with van der Waals surface area (Å²) in [7, 11) is 0. The molecule has 1 saturated carbocycles. The molecule has 14 heavy (non-hydrogen) atoms. The molecule has 1 heteroatoms. The van der Waals surface area contributed by atoms with Gasteiger partial charge >= 0.3 is 0 Å². The second kappa shape index (κ2) is 4.28. The van der Waals surface area contributed by atoms with Crippen molar-refractivity contribution in [3.8, 4) is 6.07 Å². The minimum atomic E-state index is 0.650. The first-order valence-corrected chi connectivity index (χ1v) is 5.32. The first-order chi connectivity index (χ1) is 6.90. The summed E-state index contributed by atoms with van der Waals surface area (Å²) in [4.78, 5) is 0. The van der Waals surface area contributed by atoms with Gasteiger partial charge in [-0.25, -0.2) is 0 Å². The number of hydrogen-bond acceptors (Lipinski definition) is 1. The minimum Gasteiger partial charge on any atom is -0.192 e. The molecular formula is C13H14N. The van der Waals surface area contributed by atoms with Gasteiger partial charge in [0.1, 0.15) is 0 Å². The van der Waals surface area contributed by atoms with Gasteiger partial charge in [-0.05, 0) is 42.5 Å². The van der Waals surface area contributed by atoms with E-state index in [0.29, 0.717) is 5.92 Å². The molecule has 1 fully saturated rings. The van der Waals surface area contributed by atoms with Crippen molar-refractivity contribution in [1.82, 2.24) is 0 Å². The number of nitriles is 1. The quantitative estimate of drug-likeness (QED) is 0.656. The fourth-order valence-corrected chi connectivity index (χ4v) is 2.20. The molecule has 71 valence electrons. The molecule has 1 aliphatic rings. The van der Waals surface area contributed by atoms with E-state index in [0.717, 1.165) is 5.56 Å². The van der Waals surface area contributed by atoms with Crippen LogP contribution in [0.15, 0.2) is 18.2 Å². The molecule has 0 aliphatic heterocycles. The Balaban J connectivity index is 2.18. The van der Waals surface area contributed by atoms with Crippen molar-refractivity contribution in [3.63, 3.8) is 0 Å². The third-order valence-electron chi connectivity index (χ3n) is 3.00. The minimum absolute atomic E-state index is 0.650. The fraction of sp³-hybridized carbons (Fsp3) is 0.462. The van der Waals surface area contributed by atoms with Crippen LogP contribution in [0.2, 0.25) is 0 Å². The van der Waals surface area contributed by atoms with Crippen molar-refractivity contribution in [2.24, 2.45) is 0 Å². The van der Waals surface area contributed by atoms with E-state index in [4.69, 9.17) is 5.26 Å². The Bertz CT molecular complexity index is 342. The Morgan fingerprint density at radius 3 is 2.79 bits per heavy atom. The van der Waals surface area contributed by atoms with Crippen LogP contribution >= 0.6 is 0 Å². The van der Waals surface area contributed by atoms with E-state index in [9.17, 15) is 0 Å². The SMILES string of the molecule is N#Cc1cc[c]c(C2CCCCC2)c1.